The predicted molar refractivity (Wildman–Crippen MR) is 116 cm³/mol. The number of ether oxygens (including phenoxy) is 2. The number of amides is 2. The number of benzene rings is 2. The molecule has 1 heterocycles. The number of likely N-dealkylation sites (tertiary alicyclic amines) is 1. The van der Waals surface area contributed by atoms with Gasteiger partial charge in [0.25, 0.3) is 5.91 Å². The van der Waals surface area contributed by atoms with E-state index in [1.807, 2.05) is 31.2 Å². The number of anilines is 1. The molecular weight excluding hydrogens is 382 g/mol. The molecule has 2 aromatic rings. The molecule has 0 aliphatic carbocycles. The lowest BCUT2D eigenvalue weighted by Gasteiger charge is -2.32. The Morgan fingerprint density at radius 1 is 1.07 bits per heavy atom. The molecule has 1 fully saturated rings. The van der Waals surface area contributed by atoms with Crippen LogP contribution < -0.4 is 20.1 Å². The zero-order valence-corrected chi connectivity index (χ0v) is 17.7. The molecule has 1 aliphatic rings. The average Bonchev–Trinajstić information content (AvgIpc) is 2.75. The van der Waals surface area contributed by atoms with E-state index in [2.05, 4.69) is 15.5 Å². The summed E-state index contributed by atoms with van der Waals surface area (Å²) in [6.07, 6.45) is 1.63. The third-order valence-electron chi connectivity index (χ3n) is 5.36. The summed E-state index contributed by atoms with van der Waals surface area (Å²) in [6, 6.07) is 13.0. The standard InChI is InChI=1S/C23H29N3O4/c1-16-6-4-5-7-19(16)23(28)24-17-10-12-26(13-11-17)15-22(27)25-20-9-8-18(29-2)14-21(20)30-3/h4-9,14,17H,10-13,15H2,1-3H3,(H,24,28)(H,25,27). The summed E-state index contributed by atoms with van der Waals surface area (Å²) in [7, 11) is 3.14. The topological polar surface area (TPSA) is 79.9 Å². The first-order valence-electron chi connectivity index (χ1n) is 10.1. The van der Waals surface area contributed by atoms with Crippen LogP contribution >= 0.6 is 0 Å². The Kier molecular flexibility index (Phi) is 7.30. The molecule has 0 atom stereocenters. The van der Waals surface area contributed by atoms with Gasteiger partial charge in [-0.3, -0.25) is 14.5 Å². The first kappa shape index (κ1) is 21.6. The van der Waals surface area contributed by atoms with Gasteiger partial charge in [0.2, 0.25) is 5.91 Å². The van der Waals surface area contributed by atoms with Crippen molar-refractivity contribution in [1.29, 1.82) is 0 Å². The molecule has 0 bridgehead atoms. The highest BCUT2D eigenvalue weighted by molar-refractivity contribution is 5.96. The number of rotatable bonds is 7. The van der Waals surface area contributed by atoms with E-state index in [1.165, 1.54) is 0 Å². The number of methoxy groups -OCH3 is 2. The van der Waals surface area contributed by atoms with E-state index in [1.54, 1.807) is 32.4 Å². The van der Waals surface area contributed by atoms with Gasteiger partial charge < -0.3 is 20.1 Å². The molecule has 1 saturated heterocycles. The number of aryl methyl sites for hydroxylation is 1. The molecule has 7 nitrogen and oxygen atoms in total. The highest BCUT2D eigenvalue weighted by atomic mass is 16.5. The maximum absolute atomic E-state index is 12.5. The fraction of sp³-hybridized carbons (Fsp3) is 0.391. The minimum atomic E-state index is -0.0964. The van der Waals surface area contributed by atoms with Crippen LogP contribution in [0.4, 0.5) is 5.69 Å². The van der Waals surface area contributed by atoms with Gasteiger partial charge in [0.05, 0.1) is 26.5 Å². The zero-order chi connectivity index (χ0) is 21.5. The molecular formula is C23H29N3O4. The van der Waals surface area contributed by atoms with Crippen LogP contribution in [0.2, 0.25) is 0 Å². The van der Waals surface area contributed by atoms with Crippen molar-refractivity contribution >= 4 is 17.5 Å². The maximum atomic E-state index is 12.5. The number of hydrogen-bond acceptors (Lipinski definition) is 5. The molecule has 0 unspecified atom stereocenters. The van der Waals surface area contributed by atoms with Crippen LogP contribution in [0.1, 0.15) is 28.8 Å². The van der Waals surface area contributed by atoms with Gasteiger partial charge in [-0.1, -0.05) is 18.2 Å². The lowest BCUT2D eigenvalue weighted by molar-refractivity contribution is -0.117. The first-order chi connectivity index (χ1) is 14.5. The number of nitrogens with one attached hydrogen (secondary N) is 2. The van der Waals surface area contributed by atoms with Crippen molar-refractivity contribution in [1.82, 2.24) is 10.2 Å². The summed E-state index contributed by atoms with van der Waals surface area (Å²) >= 11 is 0. The van der Waals surface area contributed by atoms with E-state index in [0.29, 0.717) is 29.3 Å². The predicted octanol–water partition coefficient (Wildman–Crippen LogP) is 2.85. The van der Waals surface area contributed by atoms with Gasteiger partial charge in [-0.15, -0.1) is 0 Å². The van der Waals surface area contributed by atoms with Gasteiger partial charge in [0.15, 0.2) is 0 Å². The molecule has 0 spiro atoms. The molecule has 1 aliphatic heterocycles. The molecule has 3 rings (SSSR count). The fourth-order valence-electron chi connectivity index (χ4n) is 3.62. The van der Waals surface area contributed by atoms with Crippen LogP contribution in [0.15, 0.2) is 42.5 Å². The van der Waals surface area contributed by atoms with Crippen LogP contribution in [-0.4, -0.2) is 56.6 Å². The number of carbonyl (C=O) groups excluding carboxylic acids is 2. The van der Waals surface area contributed by atoms with Crippen molar-refractivity contribution in [2.75, 3.05) is 39.2 Å². The van der Waals surface area contributed by atoms with Crippen molar-refractivity contribution < 1.29 is 19.1 Å². The van der Waals surface area contributed by atoms with Gasteiger partial charge in [0.1, 0.15) is 11.5 Å². The van der Waals surface area contributed by atoms with E-state index in [9.17, 15) is 9.59 Å². The van der Waals surface area contributed by atoms with Crippen LogP contribution in [0.3, 0.4) is 0 Å². The van der Waals surface area contributed by atoms with E-state index in [-0.39, 0.29) is 17.9 Å². The third-order valence-corrected chi connectivity index (χ3v) is 5.36. The third kappa shape index (κ3) is 5.51. The van der Waals surface area contributed by atoms with Crippen molar-refractivity contribution in [3.8, 4) is 11.5 Å². The smallest absolute Gasteiger partial charge is 0.251 e. The van der Waals surface area contributed by atoms with E-state index in [0.717, 1.165) is 31.5 Å². The number of carbonyl (C=O) groups is 2. The second-order valence-corrected chi connectivity index (χ2v) is 7.45. The van der Waals surface area contributed by atoms with Crippen LogP contribution in [0, 0.1) is 6.92 Å². The van der Waals surface area contributed by atoms with Crippen molar-refractivity contribution in [2.24, 2.45) is 0 Å². The van der Waals surface area contributed by atoms with Crippen LogP contribution in [-0.2, 0) is 4.79 Å². The Hall–Kier alpha value is -3.06. The van der Waals surface area contributed by atoms with E-state index < -0.39 is 0 Å². The van der Waals surface area contributed by atoms with Crippen molar-refractivity contribution in [2.45, 2.75) is 25.8 Å². The van der Waals surface area contributed by atoms with Gasteiger partial charge in [-0.25, -0.2) is 0 Å². The number of piperidine rings is 1. The lowest BCUT2D eigenvalue weighted by atomic mass is 10.0. The Bertz CT molecular complexity index is 892. The average molecular weight is 412 g/mol. The molecule has 30 heavy (non-hydrogen) atoms. The summed E-state index contributed by atoms with van der Waals surface area (Å²) < 4.78 is 10.5. The van der Waals surface area contributed by atoms with Gasteiger partial charge in [-0.05, 0) is 43.5 Å². The molecule has 160 valence electrons. The molecule has 0 aromatic heterocycles. The summed E-state index contributed by atoms with van der Waals surface area (Å²) in [6.45, 7) is 3.75. The van der Waals surface area contributed by atoms with Crippen LogP contribution in [0.25, 0.3) is 0 Å². The second-order valence-electron chi connectivity index (χ2n) is 7.45. The molecule has 2 aromatic carbocycles. The quantitative estimate of drug-likeness (QED) is 0.732. The molecule has 7 heteroatoms. The molecule has 2 N–H and O–H groups in total. The molecule has 0 saturated carbocycles. The largest absolute Gasteiger partial charge is 0.497 e. The van der Waals surface area contributed by atoms with Gasteiger partial charge in [-0.2, -0.15) is 0 Å². The summed E-state index contributed by atoms with van der Waals surface area (Å²) in [5.74, 6) is 1.09. The SMILES string of the molecule is COc1ccc(NC(=O)CN2CCC(NC(=O)c3ccccc3C)CC2)c(OC)c1. The number of hydrogen-bond donors (Lipinski definition) is 2. The molecule has 0 radical (unpaired) electrons. The Morgan fingerprint density at radius 2 is 1.80 bits per heavy atom. The monoisotopic (exact) mass is 411 g/mol. The summed E-state index contributed by atoms with van der Waals surface area (Å²) in [5.41, 5.74) is 2.30. The van der Waals surface area contributed by atoms with Gasteiger partial charge >= 0.3 is 0 Å². The maximum Gasteiger partial charge on any atom is 0.251 e. The van der Waals surface area contributed by atoms with Gasteiger partial charge in [0, 0.05) is 30.8 Å². The first-order valence-corrected chi connectivity index (χ1v) is 10.1. The highest BCUT2D eigenvalue weighted by Gasteiger charge is 2.23. The number of nitrogens with zero attached hydrogens (tertiary/aromatic N) is 1. The highest BCUT2D eigenvalue weighted by Crippen LogP contribution is 2.29. The lowest BCUT2D eigenvalue weighted by Crippen LogP contribution is -2.46. The summed E-state index contributed by atoms with van der Waals surface area (Å²) in [4.78, 5) is 27.1. The Balaban J connectivity index is 1.47. The minimum Gasteiger partial charge on any atom is -0.497 e. The van der Waals surface area contributed by atoms with E-state index >= 15 is 0 Å². The fourth-order valence-corrected chi connectivity index (χ4v) is 3.62. The van der Waals surface area contributed by atoms with Crippen molar-refractivity contribution in [3.63, 3.8) is 0 Å². The normalized spacial score (nSPS) is 14.8. The minimum absolute atomic E-state index is 0.0316. The Labute approximate surface area is 177 Å². The van der Waals surface area contributed by atoms with E-state index in [4.69, 9.17) is 9.47 Å². The zero-order valence-electron chi connectivity index (χ0n) is 17.7. The van der Waals surface area contributed by atoms with Crippen LogP contribution in [0.5, 0.6) is 11.5 Å². The molecule has 2 amide bonds. The second kappa shape index (κ2) is 10.1. The Morgan fingerprint density at radius 3 is 2.47 bits per heavy atom. The summed E-state index contributed by atoms with van der Waals surface area (Å²) in [5, 5.41) is 6.02. The van der Waals surface area contributed by atoms with Crippen molar-refractivity contribution in [3.05, 3.63) is 53.6 Å².